The molecule has 0 aliphatic carbocycles. The molecule has 8 heteroatoms. The van der Waals surface area contributed by atoms with E-state index in [0.717, 1.165) is 70.2 Å². The number of hydrogen-bond donors (Lipinski definition) is 2. The van der Waals surface area contributed by atoms with Gasteiger partial charge in [0, 0.05) is 57.5 Å². The summed E-state index contributed by atoms with van der Waals surface area (Å²) in [6.45, 7) is 5.31. The zero-order valence-electron chi connectivity index (χ0n) is 19.8. The third kappa shape index (κ3) is 7.47. The Kier molecular flexibility index (Phi) is 8.53. The van der Waals surface area contributed by atoms with E-state index in [4.69, 9.17) is 21.1 Å². The number of benzene rings is 2. The van der Waals surface area contributed by atoms with E-state index in [9.17, 15) is 0 Å². The maximum absolute atomic E-state index is 6.21. The molecule has 6 nitrogen and oxygen atoms in total. The number of quaternary nitrogens is 1. The third-order valence-corrected chi connectivity index (χ3v) is 7.04. The van der Waals surface area contributed by atoms with E-state index >= 15 is 0 Å². The molecule has 0 saturated carbocycles. The Bertz CT molecular complexity index is 1070. The van der Waals surface area contributed by atoms with Crippen molar-refractivity contribution >= 4 is 27.5 Å². The molecule has 2 heterocycles. The van der Waals surface area contributed by atoms with Crippen molar-refractivity contribution in [2.75, 3.05) is 40.3 Å². The molecule has 0 bridgehead atoms. The number of nitrogens with zero attached hydrogens (tertiary/aromatic N) is 2. The highest BCUT2D eigenvalue weighted by Crippen LogP contribution is 2.28. The van der Waals surface area contributed by atoms with Gasteiger partial charge in [-0.05, 0) is 37.2 Å². The summed E-state index contributed by atoms with van der Waals surface area (Å²) in [5, 5.41) is 4.18. The SMILES string of the molecule is C[N+](C)(Cc1cc(OCCc2cnc[nH]2)cc(OCc2ccc(Cl)cc2Br)c1)CC1CCNC1. The van der Waals surface area contributed by atoms with Crippen LogP contribution < -0.4 is 14.8 Å². The van der Waals surface area contributed by atoms with E-state index in [1.54, 1.807) is 6.33 Å². The quantitative estimate of drug-likeness (QED) is 0.323. The lowest BCUT2D eigenvalue weighted by molar-refractivity contribution is -0.906. The van der Waals surface area contributed by atoms with Crippen molar-refractivity contribution in [3.05, 3.63) is 75.2 Å². The van der Waals surface area contributed by atoms with E-state index in [1.807, 2.05) is 30.5 Å². The summed E-state index contributed by atoms with van der Waals surface area (Å²) < 4.78 is 14.2. The molecule has 1 unspecified atom stereocenters. The number of H-pyrrole nitrogens is 1. The fourth-order valence-electron chi connectivity index (χ4n) is 4.52. The molecule has 1 atom stereocenters. The predicted molar refractivity (Wildman–Crippen MR) is 139 cm³/mol. The van der Waals surface area contributed by atoms with Gasteiger partial charge in [0.2, 0.25) is 0 Å². The smallest absolute Gasteiger partial charge is 0.124 e. The number of aromatic nitrogens is 2. The second-order valence-corrected chi connectivity index (χ2v) is 10.9. The summed E-state index contributed by atoms with van der Waals surface area (Å²) >= 11 is 9.66. The van der Waals surface area contributed by atoms with Crippen LogP contribution in [0.4, 0.5) is 0 Å². The number of ether oxygens (including phenoxy) is 2. The van der Waals surface area contributed by atoms with E-state index < -0.39 is 0 Å². The predicted octanol–water partition coefficient (Wildman–Crippen LogP) is 5.21. The van der Waals surface area contributed by atoms with Gasteiger partial charge in [0.15, 0.2) is 0 Å². The highest BCUT2D eigenvalue weighted by atomic mass is 79.9. The molecule has 1 aromatic heterocycles. The molecule has 182 valence electrons. The first-order valence-electron chi connectivity index (χ1n) is 11.7. The Morgan fingerprint density at radius 1 is 1.15 bits per heavy atom. The van der Waals surface area contributed by atoms with Gasteiger partial charge in [-0.15, -0.1) is 0 Å². The van der Waals surface area contributed by atoms with Gasteiger partial charge in [-0.25, -0.2) is 4.98 Å². The normalized spacial score (nSPS) is 16.1. The van der Waals surface area contributed by atoms with Crippen LogP contribution in [-0.2, 0) is 19.6 Å². The highest BCUT2D eigenvalue weighted by molar-refractivity contribution is 9.10. The minimum atomic E-state index is 0.445. The van der Waals surface area contributed by atoms with Crippen LogP contribution in [0, 0.1) is 5.92 Å². The zero-order valence-corrected chi connectivity index (χ0v) is 22.2. The standard InChI is InChI=1S/C26H33BrClN4O2/c1-32(2,15-19-5-7-29-13-19)16-20-9-24(33-8-6-23-14-30-18-31-23)12-25(10-20)34-17-21-3-4-22(28)11-26(21)27/h3-4,9-12,14,18-19,29H,5-8,13,15-17H2,1-2H3,(H,30,31)/q+1. The van der Waals surface area contributed by atoms with Gasteiger partial charge < -0.3 is 24.3 Å². The van der Waals surface area contributed by atoms with Crippen LogP contribution in [0.1, 0.15) is 23.2 Å². The van der Waals surface area contributed by atoms with Gasteiger partial charge in [0.05, 0.1) is 33.6 Å². The molecule has 2 N–H and O–H groups in total. The summed E-state index contributed by atoms with van der Waals surface area (Å²) in [7, 11) is 4.60. The van der Waals surface area contributed by atoms with Crippen molar-refractivity contribution in [3.63, 3.8) is 0 Å². The molecule has 0 spiro atoms. The Balaban J connectivity index is 1.47. The van der Waals surface area contributed by atoms with Gasteiger partial charge in [0.1, 0.15) is 24.7 Å². The minimum absolute atomic E-state index is 0.445. The van der Waals surface area contributed by atoms with Crippen LogP contribution in [-0.4, -0.2) is 54.8 Å². The Morgan fingerprint density at radius 3 is 2.68 bits per heavy atom. The minimum Gasteiger partial charge on any atom is -0.493 e. The summed E-state index contributed by atoms with van der Waals surface area (Å²) in [5.74, 6) is 2.35. The Morgan fingerprint density at radius 2 is 1.97 bits per heavy atom. The molecule has 2 aromatic carbocycles. The Hall–Kier alpha value is -2.06. The summed E-state index contributed by atoms with van der Waals surface area (Å²) in [4.78, 5) is 7.20. The van der Waals surface area contributed by atoms with Crippen molar-refractivity contribution < 1.29 is 14.0 Å². The second kappa shape index (κ2) is 11.6. The van der Waals surface area contributed by atoms with Gasteiger partial charge in [0.25, 0.3) is 0 Å². The first-order valence-corrected chi connectivity index (χ1v) is 12.9. The summed E-state index contributed by atoms with van der Waals surface area (Å²) in [6, 6.07) is 12.0. The number of imidazole rings is 1. The fourth-order valence-corrected chi connectivity index (χ4v) is 5.31. The van der Waals surface area contributed by atoms with Crippen molar-refractivity contribution in [2.45, 2.75) is 26.0 Å². The number of hydrogen-bond acceptors (Lipinski definition) is 4. The average Bonchev–Trinajstić information content (AvgIpc) is 3.47. The molecule has 3 aromatic rings. The van der Waals surface area contributed by atoms with Gasteiger partial charge in [-0.3, -0.25) is 0 Å². The van der Waals surface area contributed by atoms with Crippen LogP contribution in [0.5, 0.6) is 11.5 Å². The Labute approximate surface area is 215 Å². The van der Waals surface area contributed by atoms with E-state index in [1.165, 1.54) is 12.0 Å². The van der Waals surface area contributed by atoms with Crippen LogP contribution in [0.2, 0.25) is 5.02 Å². The summed E-state index contributed by atoms with van der Waals surface area (Å²) in [6.07, 6.45) is 5.55. The molecule has 0 amide bonds. The van der Waals surface area contributed by atoms with Crippen molar-refractivity contribution in [3.8, 4) is 11.5 Å². The van der Waals surface area contributed by atoms with Crippen molar-refractivity contribution in [1.29, 1.82) is 0 Å². The number of nitrogens with one attached hydrogen (secondary N) is 2. The first kappa shape index (κ1) is 25.0. The topological polar surface area (TPSA) is 59.2 Å². The van der Waals surface area contributed by atoms with Crippen LogP contribution in [0.3, 0.4) is 0 Å². The van der Waals surface area contributed by atoms with E-state index in [0.29, 0.717) is 18.2 Å². The molecule has 1 aliphatic heterocycles. The second-order valence-electron chi connectivity index (χ2n) is 9.65. The lowest BCUT2D eigenvalue weighted by Crippen LogP contribution is -2.43. The summed E-state index contributed by atoms with van der Waals surface area (Å²) in [5.41, 5.74) is 3.31. The molecule has 34 heavy (non-hydrogen) atoms. The van der Waals surface area contributed by atoms with E-state index in [-0.39, 0.29) is 0 Å². The van der Waals surface area contributed by atoms with Crippen molar-refractivity contribution in [1.82, 2.24) is 15.3 Å². The maximum atomic E-state index is 6.21. The molecule has 1 fully saturated rings. The molecule has 0 radical (unpaired) electrons. The lowest BCUT2D eigenvalue weighted by atomic mass is 10.1. The largest absolute Gasteiger partial charge is 0.493 e. The van der Waals surface area contributed by atoms with Gasteiger partial charge >= 0.3 is 0 Å². The first-order chi connectivity index (χ1) is 16.4. The van der Waals surface area contributed by atoms with Gasteiger partial charge in [-0.1, -0.05) is 33.6 Å². The third-order valence-electron chi connectivity index (χ3n) is 6.07. The monoisotopic (exact) mass is 547 g/mol. The average molecular weight is 549 g/mol. The molecular formula is C26H33BrClN4O2+. The lowest BCUT2D eigenvalue weighted by Gasteiger charge is -2.32. The highest BCUT2D eigenvalue weighted by Gasteiger charge is 2.25. The zero-order chi connectivity index (χ0) is 24.0. The maximum Gasteiger partial charge on any atom is 0.124 e. The van der Waals surface area contributed by atoms with Crippen LogP contribution >= 0.6 is 27.5 Å². The molecular weight excluding hydrogens is 516 g/mol. The molecule has 4 rings (SSSR count). The number of halogens is 2. The molecule has 1 saturated heterocycles. The van der Waals surface area contributed by atoms with Gasteiger partial charge in [-0.2, -0.15) is 0 Å². The number of aromatic amines is 1. The fraction of sp³-hybridized carbons (Fsp3) is 0.423. The van der Waals surface area contributed by atoms with Crippen molar-refractivity contribution in [2.24, 2.45) is 5.92 Å². The van der Waals surface area contributed by atoms with E-state index in [2.05, 4.69) is 57.4 Å². The van der Waals surface area contributed by atoms with Crippen LogP contribution in [0.25, 0.3) is 0 Å². The number of rotatable bonds is 11. The van der Waals surface area contributed by atoms with Crippen LogP contribution in [0.15, 0.2) is 53.4 Å². The molecule has 1 aliphatic rings.